The Morgan fingerprint density at radius 2 is 1.78 bits per heavy atom. The molecule has 0 aliphatic carbocycles. The average molecular weight is 352 g/mol. The van der Waals surface area contributed by atoms with E-state index in [1.807, 2.05) is 18.3 Å². The van der Waals surface area contributed by atoms with E-state index in [2.05, 4.69) is 57.3 Å². The molecule has 0 fully saturated rings. The number of nitrogens with zero attached hydrogens (tertiary/aromatic N) is 4. The van der Waals surface area contributed by atoms with Crippen molar-refractivity contribution in [1.82, 2.24) is 19.9 Å². The molecule has 4 heteroatoms. The van der Waals surface area contributed by atoms with E-state index in [4.69, 9.17) is 4.98 Å². The van der Waals surface area contributed by atoms with Crippen LogP contribution in [-0.2, 0) is 19.5 Å². The van der Waals surface area contributed by atoms with Crippen molar-refractivity contribution in [1.29, 1.82) is 0 Å². The monoisotopic (exact) mass is 352 g/mol. The fraction of sp³-hybridized carbons (Fsp3) is 0.174. The van der Waals surface area contributed by atoms with Crippen LogP contribution in [0.25, 0.3) is 22.2 Å². The normalized spacial score (nSPS) is 14.2. The number of fused-ring (bicyclic) bond motifs is 2. The lowest BCUT2D eigenvalue weighted by atomic mass is 10.0. The summed E-state index contributed by atoms with van der Waals surface area (Å²) >= 11 is 0. The summed E-state index contributed by atoms with van der Waals surface area (Å²) in [4.78, 5) is 16.0. The van der Waals surface area contributed by atoms with Gasteiger partial charge in [-0.2, -0.15) is 0 Å². The van der Waals surface area contributed by atoms with E-state index in [-0.39, 0.29) is 0 Å². The van der Waals surface area contributed by atoms with Gasteiger partial charge in [0.25, 0.3) is 0 Å². The summed E-state index contributed by atoms with van der Waals surface area (Å²) in [6, 6.07) is 19.1. The molecule has 0 N–H and O–H groups in total. The third-order valence-corrected chi connectivity index (χ3v) is 5.23. The molecular weight excluding hydrogens is 332 g/mol. The molecule has 0 atom stereocenters. The van der Waals surface area contributed by atoms with Crippen molar-refractivity contribution in [2.24, 2.45) is 0 Å². The van der Waals surface area contributed by atoms with E-state index in [9.17, 15) is 0 Å². The van der Waals surface area contributed by atoms with Gasteiger partial charge < -0.3 is 0 Å². The van der Waals surface area contributed by atoms with Crippen LogP contribution in [0.3, 0.4) is 0 Å². The average Bonchev–Trinajstić information content (AvgIpc) is 2.74. The van der Waals surface area contributed by atoms with E-state index in [1.165, 1.54) is 27.6 Å². The first-order valence-corrected chi connectivity index (χ1v) is 9.31. The minimum atomic E-state index is 0.790. The molecule has 1 aliphatic rings. The molecule has 2 aromatic heterocycles. The van der Waals surface area contributed by atoms with Crippen molar-refractivity contribution in [3.8, 4) is 11.4 Å². The maximum absolute atomic E-state index is 4.81. The third-order valence-electron chi connectivity index (χ3n) is 5.23. The lowest BCUT2D eigenvalue weighted by Gasteiger charge is -2.28. The summed E-state index contributed by atoms with van der Waals surface area (Å²) in [5, 5.41) is 2.65. The second-order valence-electron chi connectivity index (χ2n) is 7.00. The fourth-order valence-corrected chi connectivity index (χ4v) is 3.82. The molecule has 4 nitrogen and oxygen atoms in total. The molecule has 0 bridgehead atoms. The van der Waals surface area contributed by atoms with Gasteiger partial charge in [0.1, 0.15) is 0 Å². The second kappa shape index (κ2) is 6.89. The van der Waals surface area contributed by atoms with Crippen LogP contribution in [0.2, 0.25) is 0 Å². The van der Waals surface area contributed by atoms with Crippen LogP contribution in [0, 0.1) is 0 Å². The summed E-state index contributed by atoms with van der Waals surface area (Å²) in [6.07, 6.45) is 6.52. The van der Waals surface area contributed by atoms with Crippen LogP contribution < -0.4 is 0 Å². The fourth-order valence-electron chi connectivity index (χ4n) is 3.82. The van der Waals surface area contributed by atoms with Crippen LogP contribution in [0.4, 0.5) is 0 Å². The second-order valence-corrected chi connectivity index (χ2v) is 7.00. The van der Waals surface area contributed by atoms with Crippen molar-refractivity contribution >= 4 is 10.8 Å². The molecule has 0 unspecified atom stereocenters. The van der Waals surface area contributed by atoms with Crippen LogP contribution >= 0.6 is 0 Å². The highest BCUT2D eigenvalue weighted by molar-refractivity contribution is 5.85. The van der Waals surface area contributed by atoms with Crippen molar-refractivity contribution in [2.45, 2.75) is 19.5 Å². The summed E-state index contributed by atoms with van der Waals surface area (Å²) in [7, 11) is 0. The molecule has 0 spiro atoms. The highest BCUT2D eigenvalue weighted by atomic mass is 15.1. The standard InChI is InChI=1S/C23H20N4/c1-2-7-21-17(4-1)5-3-6-19(21)15-27-13-10-22-20(16-27)14-25-23(26-22)18-8-11-24-12-9-18/h1-9,11-12,14H,10,13,15-16H2. The summed E-state index contributed by atoms with van der Waals surface area (Å²) in [6.45, 7) is 2.87. The van der Waals surface area contributed by atoms with Crippen molar-refractivity contribution in [3.63, 3.8) is 0 Å². The van der Waals surface area contributed by atoms with E-state index < -0.39 is 0 Å². The number of benzene rings is 2. The zero-order valence-electron chi connectivity index (χ0n) is 15.0. The van der Waals surface area contributed by atoms with Crippen LogP contribution in [0.1, 0.15) is 16.8 Å². The van der Waals surface area contributed by atoms with Crippen molar-refractivity contribution in [3.05, 3.63) is 90.0 Å². The summed E-state index contributed by atoms with van der Waals surface area (Å²) in [5.41, 5.74) is 4.81. The number of pyridine rings is 1. The van der Waals surface area contributed by atoms with Gasteiger partial charge in [0.15, 0.2) is 5.82 Å². The SMILES string of the molecule is c1ccc2c(CN3CCc4nc(-c5ccncc5)ncc4C3)cccc2c1. The first-order chi connectivity index (χ1) is 13.4. The molecule has 2 aromatic carbocycles. The van der Waals surface area contributed by atoms with Gasteiger partial charge in [0.2, 0.25) is 0 Å². The molecule has 132 valence electrons. The van der Waals surface area contributed by atoms with Gasteiger partial charge in [0.05, 0.1) is 5.69 Å². The molecule has 0 amide bonds. The lowest BCUT2D eigenvalue weighted by molar-refractivity contribution is 0.244. The Hall–Kier alpha value is -3.11. The Balaban J connectivity index is 1.38. The van der Waals surface area contributed by atoms with Gasteiger partial charge in [0, 0.05) is 55.8 Å². The Morgan fingerprint density at radius 1 is 0.926 bits per heavy atom. The molecule has 4 aromatic rings. The minimum absolute atomic E-state index is 0.790. The van der Waals surface area contributed by atoms with Crippen LogP contribution in [0.5, 0.6) is 0 Å². The number of hydrogen-bond donors (Lipinski definition) is 0. The van der Waals surface area contributed by atoms with E-state index >= 15 is 0 Å². The highest BCUT2D eigenvalue weighted by Crippen LogP contribution is 2.24. The van der Waals surface area contributed by atoms with Gasteiger partial charge in [-0.25, -0.2) is 9.97 Å². The van der Waals surface area contributed by atoms with Crippen molar-refractivity contribution < 1.29 is 0 Å². The van der Waals surface area contributed by atoms with Gasteiger partial charge in [-0.15, -0.1) is 0 Å². The zero-order valence-corrected chi connectivity index (χ0v) is 15.0. The molecular formula is C23H20N4. The Morgan fingerprint density at radius 3 is 2.70 bits per heavy atom. The third kappa shape index (κ3) is 3.20. The topological polar surface area (TPSA) is 41.9 Å². The molecule has 0 saturated carbocycles. The van der Waals surface area contributed by atoms with Crippen LogP contribution in [-0.4, -0.2) is 26.4 Å². The number of rotatable bonds is 3. The van der Waals surface area contributed by atoms with Gasteiger partial charge in [-0.3, -0.25) is 9.88 Å². The number of hydrogen-bond acceptors (Lipinski definition) is 4. The quantitative estimate of drug-likeness (QED) is 0.553. The largest absolute Gasteiger partial charge is 0.294 e. The predicted octanol–water partition coefficient (Wildman–Crippen LogP) is 4.25. The van der Waals surface area contributed by atoms with Crippen LogP contribution in [0.15, 0.2) is 73.2 Å². The Labute approximate surface area is 158 Å². The van der Waals surface area contributed by atoms with Crippen molar-refractivity contribution in [2.75, 3.05) is 6.54 Å². The molecule has 1 aliphatic heterocycles. The smallest absolute Gasteiger partial charge is 0.159 e. The summed E-state index contributed by atoms with van der Waals surface area (Å²) < 4.78 is 0. The van der Waals surface area contributed by atoms with Gasteiger partial charge >= 0.3 is 0 Å². The Kier molecular flexibility index (Phi) is 4.11. The maximum atomic E-state index is 4.81. The maximum Gasteiger partial charge on any atom is 0.159 e. The number of aromatic nitrogens is 3. The molecule has 27 heavy (non-hydrogen) atoms. The predicted molar refractivity (Wildman–Crippen MR) is 107 cm³/mol. The highest BCUT2D eigenvalue weighted by Gasteiger charge is 2.19. The molecule has 0 saturated heterocycles. The molecule has 5 rings (SSSR count). The van der Waals surface area contributed by atoms with E-state index in [0.717, 1.165) is 37.4 Å². The van der Waals surface area contributed by atoms with E-state index in [1.54, 1.807) is 12.4 Å². The Bertz CT molecular complexity index is 1090. The summed E-state index contributed by atoms with van der Waals surface area (Å²) in [5.74, 6) is 0.790. The molecule has 3 heterocycles. The molecule has 0 radical (unpaired) electrons. The minimum Gasteiger partial charge on any atom is -0.294 e. The first-order valence-electron chi connectivity index (χ1n) is 9.31. The van der Waals surface area contributed by atoms with Gasteiger partial charge in [-0.1, -0.05) is 42.5 Å². The zero-order chi connectivity index (χ0) is 18.1. The first kappa shape index (κ1) is 16.1. The lowest BCUT2D eigenvalue weighted by Crippen LogP contribution is -2.31. The van der Waals surface area contributed by atoms with E-state index in [0.29, 0.717) is 0 Å². The van der Waals surface area contributed by atoms with Gasteiger partial charge in [-0.05, 0) is 28.5 Å².